The number of carbonyl (C=O) groups excluding carboxylic acids is 1. The van der Waals surface area contributed by atoms with Crippen LogP contribution in [0.4, 0.5) is 11.4 Å². The number of carbonyl (C=O) groups is 1. The van der Waals surface area contributed by atoms with Crippen molar-refractivity contribution >= 4 is 27.3 Å². The zero-order valence-corrected chi connectivity index (χ0v) is 16.4. The van der Waals surface area contributed by atoms with Crippen molar-refractivity contribution < 1.29 is 27.6 Å². The molecule has 2 aromatic carbocycles. The molecule has 30 heavy (non-hydrogen) atoms. The Kier molecular flexibility index (Phi) is 5.18. The van der Waals surface area contributed by atoms with Crippen molar-refractivity contribution in [1.82, 2.24) is 10.1 Å². The molecule has 12 heteroatoms. The van der Waals surface area contributed by atoms with Crippen LogP contribution in [-0.4, -0.2) is 38.5 Å². The van der Waals surface area contributed by atoms with E-state index in [-0.39, 0.29) is 41.2 Å². The van der Waals surface area contributed by atoms with Gasteiger partial charge >= 0.3 is 0 Å². The van der Waals surface area contributed by atoms with Gasteiger partial charge in [-0.15, -0.1) is 0 Å². The lowest BCUT2D eigenvalue weighted by atomic mass is 10.1. The van der Waals surface area contributed by atoms with Crippen LogP contribution in [0.15, 0.2) is 41.3 Å². The third kappa shape index (κ3) is 4.28. The van der Waals surface area contributed by atoms with Crippen molar-refractivity contribution in [3.63, 3.8) is 0 Å². The first-order valence-corrected chi connectivity index (χ1v) is 10.6. The van der Waals surface area contributed by atoms with Gasteiger partial charge in [0.15, 0.2) is 11.5 Å². The van der Waals surface area contributed by atoms with E-state index in [2.05, 4.69) is 15.6 Å². The Bertz CT molecular complexity index is 1100. The maximum absolute atomic E-state index is 12.5. The monoisotopic (exact) mass is 434 g/mol. The molecule has 2 aromatic rings. The zero-order chi connectivity index (χ0) is 21.3. The highest BCUT2D eigenvalue weighted by Crippen LogP contribution is 2.36. The molecular formula is C18H18N4O7S. The molecule has 1 saturated carbocycles. The van der Waals surface area contributed by atoms with E-state index >= 15 is 0 Å². The summed E-state index contributed by atoms with van der Waals surface area (Å²) in [5.41, 5.74) is 4.74. The average Bonchev–Trinajstić information content (AvgIpc) is 3.54. The number of anilines is 1. The van der Waals surface area contributed by atoms with Gasteiger partial charge in [-0.2, -0.15) is 0 Å². The first-order chi connectivity index (χ1) is 14.3. The lowest BCUT2D eigenvalue weighted by molar-refractivity contribution is -0.385. The average molecular weight is 434 g/mol. The van der Waals surface area contributed by atoms with Crippen LogP contribution >= 0.6 is 0 Å². The number of benzene rings is 2. The molecule has 11 nitrogen and oxygen atoms in total. The summed E-state index contributed by atoms with van der Waals surface area (Å²) in [4.78, 5) is 23.3. The normalized spacial score (nSPS) is 15.3. The van der Waals surface area contributed by atoms with E-state index in [0.29, 0.717) is 5.69 Å². The minimum atomic E-state index is -3.58. The summed E-state index contributed by atoms with van der Waals surface area (Å²) >= 11 is 0. The Balaban J connectivity index is 1.46. The van der Waals surface area contributed by atoms with Gasteiger partial charge in [-0.25, -0.2) is 13.1 Å². The molecule has 4 rings (SSSR count). The molecule has 1 aliphatic carbocycles. The zero-order valence-electron chi connectivity index (χ0n) is 15.6. The summed E-state index contributed by atoms with van der Waals surface area (Å²) in [5.74, 6) is -0.311. The third-order valence-electron chi connectivity index (χ3n) is 4.49. The van der Waals surface area contributed by atoms with Gasteiger partial charge < -0.3 is 9.47 Å². The third-order valence-corrected chi connectivity index (χ3v) is 6.02. The lowest BCUT2D eigenvalue weighted by Gasteiger charge is -2.19. The molecule has 0 radical (unpaired) electrons. The van der Waals surface area contributed by atoms with Gasteiger partial charge in [-0.05, 0) is 37.1 Å². The van der Waals surface area contributed by atoms with Crippen LogP contribution in [0.5, 0.6) is 11.5 Å². The van der Waals surface area contributed by atoms with Crippen LogP contribution in [0.3, 0.4) is 0 Å². The predicted molar refractivity (Wildman–Crippen MR) is 105 cm³/mol. The number of nitrogens with zero attached hydrogens (tertiary/aromatic N) is 1. The first-order valence-electron chi connectivity index (χ1n) is 9.10. The van der Waals surface area contributed by atoms with Gasteiger partial charge in [0.25, 0.3) is 11.6 Å². The number of ether oxygens (including phenoxy) is 2. The largest absolute Gasteiger partial charge is 0.486 e. The van der Waals surface area contributed by atoms with Crippen LogP contribution in [0, 0.1) is 10.1 Å². The van der Waals surface area contributed by atoms with Gasteiger partial charge in [0, 0.05) is 12.1 Å². The first kappa shape index (κ1) is 19.9. The van der Waals surface area contributed by atoms with Gasteiger partial charge in [0.1, 0.15) is 18.8 Å². The van der Waals surface area contributed by atoms with Crippen molar-refractivity contribution in [3.05, 3.63) is 52.1 Å². The second-order valence-corrected chi connectivity index (χ2v) is 8.48. The second-order valence-electron chi connectivity index (χ2n) is 6.77. The topological polar surface area (TPSA) is 149 Å². The van der Waals surface area contributed by atoms with Crippen molar-refractivity contribution in [2.45, 2.75) is 23.8 Å². The number of hydrazine groups is 1. The number of nitro groups is 1. The van der Waals surface area contributed by atoms with Crippen molar-refractivity contribution in [2.24, 2.45) is 0 Å². The summed E-state index contributed by atoms with van der Waals surface area (Å²) in [6.45, 7) is 0.536. The van der Waals surface area contributed by atoms with E-state index in [0.717, 1.165) is 18.9 Å². The lowest BCUT2D eigenvalue weighted by Crippen LogP contribution is -2.30. The van der Waals surface area contributed by atoms with Gasteiger partial charge in [0.2, 0.25) is 10.0 Å². The molecule has 1 fully saturated rings. The minimum Gasteiger partial charge on any atom is -0.486 e. The summed E-state index contributed by atoms with van der Waals surface area (Å²) in [5, 5.41) is 11.3. The minimum absolute atomic E-state index is 0.00567. The molecule has 0 saturated heterocycles. The molecule has 1 aliphatic heterocycles. The number of nitrogens with one attached hydrogen (secondary N) is 3. The second kappa shape index (κ2) is 7.80. The Morgan fingerprint density at radius 3 is 2.30 bits per heavy atom. The van der Waals surface area contributed by atoms with Gasteiger partial charge in [0.05, 0.1) is 21.6 Å². The van der Waals surface area contributed by atoms with E-state index in [4.69, 9.17) is 9.47 Å². The standard InChI is InChI=1S/C18H18N4O7S/c23-18(14-9-16-17(29-8-7-28-16)10-15(14)22(24)25)20-19-11-3-5-13(6-4-11)30(26,27)21-12-1-2-12/h3-6,9-10,12,19,21H,1-2,7-8H2,(H,20,23). The number of amides is 1. The highest BCUT2D eigenvalue weighted by Gasteiger charge is 2.28. The number of rotatable bonds is 7. The maximum Gasteiger partial charge on any atom is 0.286 e. The van der Waals surface area contributed by atoms with Crippen molar-refractivity contribution in [1.29, 1.82) is 0 Å². The van der Waals surface area contributed by atoms with E-state index < -0.39 is 26.5 Å². The number of fused-ring (bicyclic) bond motifs is 1. The van der Waals surface area contributed by atoms with E-state index in [9.17, 15) is 23.3 Å². The molecule has 0 aromatic heterocycles. The highest BCUT2D eigenvalue weighted by molar-refractivity contribution is 7.89. The Labute approximate surface area is 171 Å². The quantitative estimate of drug-likeness (QED) is 0.439. The smallest absolute Gasteiger partial charge is 0.286 e. The highest BCUT2D eigenvalue weighted by atomic mass is 32.2. The fraction of sp³-hybridized carbons (Fsp3) is 0.278. The predicted octanol–water partition coefficient (Wildman–Crippen LogP) is 1.56. The SMILES string of the molecule is O=C(NNc1ccc(S(=O)(=O)NC2CC2)cc1)c1cc2c(cc1[N+](=O)[O-])OCCO2. The summed E-state index contributed by atoms with van der Waals surface area (Å²) in [6, 6.07) is 8.13. The molecule has 0 unspecified atom stereocenters. The molecule has 1 heterocycles. The summed E-state index contributed by atoms with van der Waals surface area (Å²) in [7, 11) is -3.58. The number of nitro benzene ring substituents is 1. The van der Waals surface area contributed by atoms with Gasteiger partial charge in [-0.3, -0.25) is 25.8 Å². The maximum atomic E-state index is 12.5. The van der Waals surface area contributed by atoms with E-state index in [1.54, 1.807) is 0 Å². The molecule has 2 aliphatic rings. The molecule has 1 amide bonds. The van der Waals surface area contributed by atoms with Gasteiger partial charge in [-0.1, -0.05) is 0 Å². The fourth-order valence-electron chi connectivity index (χ4n) is 2.81. The Morgan fingerprint density at radius 2 is 1.70 bits per heavy atom. The van der Waals surface area contributed by atoms with E-state index in [1.807, 2.05) is 0 Å². The number of sulfonamides is 1. The summed E-state index contributed by atoms with van der Waals surface area (Å²) < 4.78 is 37.6. The molecule has 158 valence electrons. The number of hydrogen-bond donors (Lipinski definition) is 3. The summed E-state index contributed by atoms with van der Waals surface area (Å²) in [6.07, 6.45) is 1.66. The van der Waals surface area contributed by atoms with Crippen LogP contribution < -0.4 is 25.0 Å². The fourth-order valence-corrected chi connectivity index (χ4v) is 4.12. The Hall–Kier alpha value is -3.38. The van der Waals surface area contributed by atoms with Crippen molar-refractivity contribution in [2.75, 3.05) is 18.6 Å². The molecular weight excluding hydrogens is 416 g/mol. The Morgan fingerprint density at radius 1 is 1.07 bits per heavy atom. The van der Waals surface area contributed by atoms with Crippen LogP contribution in [-0.2, 0) is 10.0 Å². The van der Waals surface area contributed by atoms with E-state index in [1.165, 1.54) is 30.3 Å². The molecule has 0 atom stereocenters. The number of hydrogen-bond acceptors (Lipinski definition) is 8. The molecule has 0 spiro atoms. The van der Waals surface area contributed by atoms with Crippen LogP contribution in [0.2, 0.25) is 0 Å². The molecule has 0 bridgehead atoms. The van der Waals surface area contributed by atoms with Crippen molar-refractivity contribution in [3.8, 4) is 11.5 Å². The van der Waals surface area contributed by atoms with Crippen LogP contribution in [0.25, 0.3) is 0 Å². The molecule has 3 N–H and O–H groups in total. The van der Waals surface area contributed by atoms with Crippen LogP contribution in [0.1, 0.15) is 23.2 Å².